The molecule has 0 amide bonds. The van der Waals surface area contributed by atoms with E-state index < -0.39 is 11.2 Å². The molecule has 0 radical (unpaired) electrons. The van der Waals surface area contributed by atoms with Crippen LogP contribution in [0.4, 0.5) is 29.7 Å². The zero-order valence-corrected chi connectivity index (χ0v) is 11.1. The Labute approximate surface area is 117 Å². The fourth-order valence-electron chi connectivity index (χ4n) is 2.06. The molecule has 1 aromatic heterocycles. The normalized spacial score (nSPS) is 14.6. The maximum atomic E-state index is 12.4. The van der Waals surface area contributed by atoms with Crippen molar-refractivity contribution in [2.24, 2.45) is 0 Å². The van der Waals surface area contributed by atoms with Gasteiger partial charge in [0.05, 0.1) is 0 Å². The third kappa shape index (κ3) is 2.69. The van der Waals surface area contributed by atoms with Crippen LogP contribution >= 0.6 is 11.3 Å². The molecule has 20 heavy (non-hydrogen) atoms. The third-order valence-corrected chi connectivity index (χ3v) is 3.85. The fourth-order valence-corrected chi connectivity index (χ4v) is 2.70. The second-order valence-corrected chi connectivity index (χ2v) is 5.41. The predicted octanol–water partition coefficient (Wildman–Crippen LogP) is 3.66. The molecule has 1 aliphatic rings. The van der Waals surface area contributed by atoms with Crippen molar-refractivity contribution in [2.45, 2.75) is 19.0 Å². The topological polar surface area (TPSA) is 49.8 Å². The Kier molecular flexibility index (Phi) is 3.25. The average Bonchev–Trinajstić information content (AvgIpc) is 2.87. The minimum Gasteiger partial charge on any atom is -0.385 e. The number of hydrogen-bond acceptors (Lipinski definition) is 5. The van der Waals surface area contributed by atoms with E-state index in [0.29, 0.717) is 11.3 Å². The molecule has 0 fully saturated rings. The number of anilines is 3. The molecule has 1 aliphatic heterocycles. The third-order valence-electron chi connectivity index (χ3n) is 2.96. The van der Waals surface area contributed by atoms with Crippen LogP contribution in [0.15, 0.2) is 18.2 Å². The monoisotopic (exact) mass is 300 g/mol. The molecule has 0 saturated carbocycles. The van der Waals surface area contributed by atoms with Gasteiger partial charge in [0, 0.05) is 17.9 Å². The summed E-state index contributed by atoms with van der Waals surface area (Å²) in [6.07, 6.45) is -2.44. The lowest BCUT2D eigenvalue weighted by Crippen LogP contribution is -2.11. The highest BCUT2D eigenvalue weighted by Crippen LogP contribution is 2.34. The number of hydrogen-bond donors (Lipinski definition) is 2. The molecule has 0 saturated heterocycles. The Morgan fingerprint density at radius 3 is 2.85 bits per heavy atom. The van der Waals surface area contributed by atoms with Gasteiger partial charge in [0.15, 0.2) is 0 Å². The van der Waals surface area contributed by atoms with Crippen molar-refractivity contribution in [3.8, 4) is 0 Å². The number of aromatic nitrogens is 2. The van der Waals surface area contributed by atoms with Gasteiger partial charge in [-0.2, -0.15) is 13.2 Å². The summed E-state index contributed by atoms with van der Waals surface area (Å²) < 4.78 is 37.3. The number of aryl methyl sites for hydroxylation is 1. The fraction of sp³-hybridized carbons (Fsp3) is 0.333. The van der Waals surface area contributed by atoms with Crippen molar-refractivity contribution in [2.75, 3.05) is 17.2 Å². The van der Waals surface area contributed by atoms with Crippen molar-refractivity contribution in [3.05, 3.63) is 28.8 Å². The summed E-state index contributed by atoms with van der Waals surface area (Å²) in [4.78, 5) is 0. The SMILES string of the molecule is FC(F)(F)c1nnc(Nc2ccc3c(c2)CCCN3)s1. The Bertz CT molecular complexity index is 623. The second-order valence-electron chi connectivity index (χ2n) is 4.44. The van der Waals surface area contributed by atoms with E-state index in [2.05, 4.69) is 20.8 Å². The lowest BCUT2D eigenvalue weighted by atomic mass is 10.0. The number of alkyl halides is 3. The Balaban J connectivity index is 1.79. The summed E-state index contributed by atoms with van der Waals surface area (Å²) in [7, 11) is 0. The summed E-state index contributed by atoms with van der Waals surface area (Å²) in [5.74, 6) is 0. The maximum absolute atomic E-state index is 12.4. The van der Waals surface area contributed by atoms with Crippen molar-refractivity contribution in [1.29, 1.82) is 0 Å². The first-order chi connectivity index (χ1) is 9.52. The van der Waals surface area contributed by atoms with Crippen LogP contribution in [0, 0.1) is 0 Å². The molecule has 106 valence electrons. The van der Waals surface area contributed by atoms with Crippen molar-refractivity contribution >= 4 is 27.8 Å². The molecule has 1 aromatic carbocycles. The number of halogens is 3. The van der Waals surface area contributed by atoms with Gasteiger partial charge < -0.3 is 10.6 Å². The molecule has 0 aliphatic carbocycles. The molecular formula is C12H11F3N4S. The van der Waals surface area contributed by atoms with Crippen LogP contribution in [0.1, 0.15) is 17.0 Å². The standard InChI is InChI=1S/C12H11F3N4S/c13-12(14,15)10-18-19-11(20-10)17-8-3-4-9-7(6-8)2-1-5-16-9/h3-4,6,16H,1-2,5H2,(H,17,19). The lowest BCUT2D eigenvalue weighted by Gasteiger charge is -2.18. The molecule has 2 N–H and O–H groups in total. The van der Waals surface area contributed by atoms with Gasteiger partial charge in [0.1, 0.15) is 0 Å². The highest BCUT2D eigenvalue weighted by molar-refractivity contribution is 7.15. The van der Waals surface area contributed by atoms with Crippen LogP contribution in [0.5, 0.6) is 0 Å². The van der Waals surface area contributed by atoms with Crippen LogP contribution in [-0.2, 0) is 12.6 Å². The van der Waals surface area contributed by atoms with Gasteiger partial charge in [-0.25, -0.2) is 0 Å². The van der Waals surface area contributed by atoms with Gasteiger partial charge in [-0.3, -0.25) is 0 Å². The van der Waals surface area contributed by atoms with Crippen molar-refractivity contribution < 1.29 is 13.2 Å². The van der Waals surface area contributed by atoms with E-state index in [4.69, 9.17) is 0 Å². The van der Waals surface area contributed by atoms with Crippen LogP contribution < -0.4 is 10.6 Å². The van der Waals surface area contributed by atoms with Crippen LogP contribution in [0.2, 0.25) is 0 Å². The van der Waals surface area contributed by atoms with Gasteiger partial charge in [-0.05, 0) is 36.6 Å². The van der Waals surface area contributed by atoms with Crippen LogP contribution in [-0.4, -0.2) is 16.7 Å². The van der Waals surface area contributed by atoms with E-state index in [-0.39, 0.29) is 5.13 Å². The van der Waals surface area contributed by atoms with Crippen molar-refractivity contribution in [3.63, 3.8) is 0 Å². The molecule has 3 rings (SSSR count). The molecule has 0 bridgehead atoms. The minimum absolute atomic E-state index is 0.140. The first-order valence-electron chi connectivity index (χ1n) is 6.07. The first kappa shape index (κ1) is 13.2. The quantitative estimate of drug-likeness (QED) is 0.888. The Morgan fingerprint density at radius 1 is 1.25 bits per heavy atom. The van der Waals surface area contributed by atoms with Gasteiger partial charge in [0.25, 0.3) is 0 Å². The molecule has 4 nitrogen and oxygen atoms in total. The number of nitrogens with one attached hydrogen (secondary N) is 2. The summed E-state index contributed by atoms with van der Waals surface area (Å²) in [5.41, 5.74) is 2.95. The van der Waals surface area contributed by atoms with Gasteiger partial charge in [-0.15, -0.1) is 10.2 Å². The molecule has 0 spiro atoms. The summed E-state index contributed by atoms with van der Waals surface area (Å²) in [6.45, 7) is 0.950. The summed E-state index contributed by atoms with van der Waals surface area (Å²) in [6, 6.07) is 5.66. The Morgan fingerprint density at radius 2 is 2.10 bits per heavy atom. The summed E-state index contributed by atoms with van der Waals surface area (Å²) >= 11 is 0.498. The van der Waals surface area contributed by atoms with E-state index in [1.165, 1.54) is 0 Å². The van der Waals surface area contributed by atoms with Crippen LogP contribution in [0.25, 0.3) is 0 Å². The molecular weight excluding hydrogens is 289 g/mol. The maximum Gasteiger partial charge on any atom is 0.445 e. The smallest absolute Gasteiger partial charge is 0.385 e. The van der Waals surface area contributed by atoms with E-state index in [9.17, 15) is 13.2 Å². The molecule has 0 atom stereocenters. The Hall–Kier alpha value is -1.83. The van der Waals surface area contributed by atoms with Gasteiger partial charge in [0.2, 0.25) is 10.1 Å². The van der Waals surface area contributed by atoms with Crippen LogP contribution in [0.3, 0.4) is 0 Å². The van der Waals surface area contributed by atoms with Gasteiger partial charge >= 0.3 is 6.18 Å². The summed E-state index contributed by atoms with van der Waals surface area (Å²) in [5, 5.41) is 12.0. The number of nitrogens with zero attached hydrogens (tertiary/aromatic N) is 2. The van der Waals surface area contributed by atoms with E-state index >= 15 is 0 Å². The van der Waals surface area contributed by atoms with E-state index in [0.717, 1.165) is 36.3 Å². The van der Waals surface area contributed by atoms with Gasteiger partial charge in [-0.1, -0.05) is 11.3 Å². The predicted molar refractivity (Wildman–Crippen MR) is 71.4 cm³/mol. The highest BCUT2D eigenvalue weighted by Gasteiger charge is 2.35. The zero-order chi connectivity index (χ0) is 14.2. The average molecular weight is 300 g/mol. The largest absolute Gasteiger partial charge is 0.445 e. The molecule has 0 unspecified atom stereocenters. The van der Waals surface area contributed by atoms with E-state index in [1.54, 1.807) is 0 Å². The number of fused-ring (bicyclic) bond motifs is 1. The lowest BCUT2D eigenvalue weighted by molar-refractivity contribution is -0.138. The number of rotatable bonds is 2. The molecule has 8 heteroatoms. The van der Waals surface area contributed by atoms with Crippen molar-refractivity contribution in [1.82, 2.24) is 10.2 Å². The highest BCUT2D eigenvalue weighted by atomic mass is 32.1. The molecule has 2 heterocycles. The second kappa shape index (κ2) is 4.93. The number of benzene rings is 1. The zero-order valence-electron chi connectivity index (χ0n) is 10.3. The molecule has 2 aromatic rings. The first-order valence-corrected chi connectivity index (χ1v) is 6.88. The minimum atomic E-state index is -4.45. The van der Waals surface area contributed by atoms with E-state index in [1.807, 2.05) is 18.2 Å².